The molecule has 0 unspecified atom stereocenters. The first kappa shape index (κ1) is 22.5. The largest absolute Gasteiger partial charge is 0.494 e. The molecular formula is C24H23N5O5. The average molecular weight is 461 g/mol. The lowest BCUT2D eigenvalue weighted by Crippen LogP contribution is -2.21. The maximum Gasteiger partial charge on any atom is 0.255 e. The third kappa shape index (κ3) is 4.19. The zero-order chi connectivity index (χ0) is 24.2. The van der Waals surface area contributed by atoms with Gasteiger partial charge in [-0.3, -0.25) is 9.89 Å². The van der Waals surface area contributed by atoms with Crippen LogP contribution in [0.25, 0.3) is 11.3 Å². The van der Waals surface area contributed by atoms with E-state index >= 15 is 0 Å². The van der Waals surface area contributed by atoms with Crippen LogP contribution < -0.4 is 30.4 Å². The van der Waals surface area contributed by atoms with E-state index in [1.807, 2.05) is 31.2 Å². The van der Waals surface area contributed by atoms with Crippen LogP contribution in [0.5, 0.6) is 23.1 Å². The lowest BCUT2D eigenvalue weighted by atomic mass is 9.83. The van der Waals surface area contributed by atoms with E-state index in [0.29, 0.717) is 34.9 Å². The Balaban J connectivity index is 1.81. The molecule has 0 fully saturated rings. The number of methoxy groups -OCH3 is 1. The molecule has 0 saturated heterocycles. The van der Waals surface area contributed by atoms with E-state index < -0.39 is 11.8 Å². The first-order valence-electron chi connectivity index (χ1n) is 10.4. The smallest absolute Gasteiger partial charge is 0.255 e. The number of carbonyl (C=O) groups excluding carboxylic acids is 1. The van der Waals surface area contributed by atoms with Gasteiger partial charge in [0.05, 0.1) is 30.9 Å². The first-order valence-corrected chi connectivity index (χ1v) is 10.4. The van der Waals surface area contributed by atoms with Gasteiger partial charge in [-0.2, -0.15) is 5.26 Å². The zero-order valence-corrected chi connectivity index (χ0v) is 18.6. The van der Waals surface area contributed by atoms with E-state index in [1.165, 1.54) is 7.11 Å². The van der Waals surface area contributed by atoms with E-state index in [0.717, 1.165) is 11.3 Å². The summed E-state index contributed by atoms with van der Waals surface area (Å²) in [5, 5.41) is 17.2. The van der Waals surface area contributed by atoms with Crippen LogP contribution in [0.4, 0.5) is 0 Å². The average Bonchev–Trinajstić information content (AvgIpc) is 3.25. The monoisotopic (exact) mass is 461 g/mol. The molecule has 174 valence electrons. The number of nitrogens with one attached hydrogen (secondary N) is 1. The van der Waals surface area contributed by atoms with Gasteiger partial charge in [-0.25, -0.2) is 0 Å². The number of aromatic amines is 1. The first-order chi connectivity index (χ1) is 16.5. The summed E-state index contributed by atoms with van der Waals surface area (Å²) < 4.78 is 22.1. The molecule has 5 N–H and O–H groups in total. The molecule has 1 aliphatic heterocycles. The van der Waals surface area contributed by atoms with Crippen LogP contribution in [0.15, 0.2) is 53.9 Å². The number of rotatable bonds is 8. The number of ether oxygens (including phenoxy) is 4. The summed E-state index contributed by atoms with van der Waals surface area (Å²) in [6.07, 6.45) is 0. The fraction of sp³-hybridized carbons (Fsp3) is 0.208. The Morgan fingerprint density at radius 2 is 1.97 bits per heavy atom. The molecule has 1 aliphatic rings. The van der Waals surface area contributed by atoms with Crippen molar-refractivity contribution in [1.29, 1.82) is 5.26 Å². The predicted octanol–water partition coefficient (Wildman–Crippen LogP) is 2.57. The number of hydrogen-bond donors (Lipinski definition) is 3. The van der Waals surface area contributed by atoms with Gasteiger partial charge in [0.15, 0.2) is 18.1 Å². The van der Waals surface area contributed by atoms with Crippen molar-refractivity contribution in [3.8, 4) is 40.5 Å². The molecule has 3 aromatic rings. The van der Waals surface area contributed by atoms with Crippen molar-refractivity contribution in [1.82, 2.24) is 10.2 Å². The highest BCUT2D eigenvalue weighted by molar-refractivity contribution is 5.75. The van der Waals surface area contributed by atoms with Crippen LogP contribution in [0.2, 0.25) is 0 Å². The Hall–Kier alpha value is -4.65. The van der Waals surface area contributed by atoms with Crippen LogP contribution in [-0.2, 0) is 4.79 Å². The quantitative estimate of drug-likeness (QED) is 0.462. The van der Waals surface area contributed by atoms with E-state index in [-0.39, 0.29) is 23.9 Å². The highest BCUT2D eigenvalue weighted by Gasteiger charge is 2.36. The predicted molar refractivity (Wildman–Crippen MR) is 122 cm³/mol. The van der Waals surface area contributed by atoms with Crippen molar-refractivity contribution in [2.75, 3.05) is 20.3 Å². The number of primary amides is 1. The Labute approximate surface area is 195 Å². The van der Waals surface area contributed by atoms with Gasteiger partial charge in [-0.1, -0.05) is 6.07 Å². The number of nitriles is 1. The minimum atomic E-state index is -0.610. The Kier molecular flexibility index (Phi) is 6.27. The van der Waals surface area contributed by atoms with Gasteiger partial charge < -0.3 is 30.4 Å². The molecule has 1 atom stereocenters. The van der Waals surface area contributed by atoms with Crippen molar-refractivity contribution in [2.45, 2.75) is 12.8 Å². The van der Waals surface area contributed by atoms with Crippen LogP contribution >= 0.6 is 0 Å². The number of nitrogens with zero attached hydrogens (tertiary/aromatic N) is 2. The number of allylic oxidation sites excluding steroid dienone is 1. The maximum atomic E-state index is 11.1. The number of carbonyl (C=O) groups is 1. The molecule has 0 spiro atoms. The number of nitrogens with two attached hydrogens (primary N) is 2. The second-order valence-electron chi connectivity index (χ2n) is 7.36. The van der Waals surface area contributed by atoms with Crippen LogP contribution in [0.3, 0.4) is 0 Å². The lowest BCUT2D eigenvalue weighted by Gasteiger charge is -2.25. The molecule has 34 heavy (non-hydrogen) atoms. The Morgan fingerprint density at radius 1 is 1.21 bits per heavy atom. The molecular weight excluding hydrogens is 438 g/mol. The van der Waals surface area contributed by atoms with Gasteiger partial charge >= 0.3 is 0 Å². The number of H-pyrrole nitrogens is 1. The summed E-state index contributed by atoms with van der Waals surface area (Å²) in [6.45, 7) is 2.18. The second-order valence-corrected chi connectivity index (χ2v) is 7.36. The van der Waals surface area contributed by atoms with Gasteiger partial charge in [-0.15, -0.1) is 5.10 Å². The minimum absolute atomic E-state index is 0.0298. The molecule has 0 saturated carbocycles. The maximum absolute atomic E-state index is 11.1. The van der Waals surface area contributed by atoms with Crippen molar-refractivity contribution in [3.05, 3.63) is 65.0 Å². The third-order valence-corrected chi connectivity index (χ3v) is 5.28. The molecule has 0 aliphatic carbocycles. The van der Waals surface area contributed by atoms with Gasteiger partial charge in [0, 0.05) is 5.56 Å². The Bertz CT molecular complexity index is 1290. The summed E-state index contributed by atoms with van der Waals surface area (Å²) in [6, 6.07) is 14.8. The Morgan fingerprint density at radius 3 is 2.62 bits per heavy atom. The molecule has 4 rings (SSSR count). The van der Waals surface area contributed by atoms with E-state index in [2.05, 4.69) is 16.3 Å². The summed E-state index contributed by atoms with van der Waals surface area (Å²) in [5.41, 5.74) is 14.3. The van der Waals surface area contributed by atoms with Gasteiger partial charge in [0.25, 0.3) is 5.91 Å². The fourth-order valence-corrected chi connectivity index (χ4v) is 3.81. The molecule has 10 nitrogen and oxygen atoms in total. The van der Waals surface area contributed by atoms with Crippen molar-refractivity contribution in [3.63, 3.8) is 0 Å². The molecule has 1 aromatic heterocycles. The summed E-state index contributed by atoms with van der Waals surface area (Å²) in [5.74, 6) is 0.497. The lowest BCUT2D eigenvalue weighted by molar-refractivity contribution is -0.119. The number of fused-ring (bicyclic) bond motifs is 1. The molecule has 10 heteroatoms. The number of benzene rings is 2. The minimum Gasteiger partial charge on any atom is -0.494 e. The van der Waals surface area contributed by atoms with Crippen LogP contribution in [0.1, 0.15) is 24.0 Å². The highest BCUT2D eigenvalue weighted by Crippen LogP contribution is 2.47. The standard InChI is InChI=1S/C24H23N5O5/c1-3-32-15-7-4-13(5-8-15)22-21-20(16(11-25)23(27)34-24(21)29-28-22)14-6-9-17(18(10-14)31-2)33-12-19(26)30/h4-10,20H,3,12,27H2,1-2H3,(H2,26,30)(H,28,29)/t20-/m0/s1. The summed E-state index contributed by atoms with van der Waals surface area (Å²) in [7, 11) is 1.48. The molecule has 0 radical (unpaired) electrons. The number of hydrogen-bond acceptors (Lipinski definition) is 8. The zero-order valence-electron chi connectivity index (χ0n) is 18.6. The van der Waals surface area contributed by atoms with Crippen LogP contribution in [0, 0.1) is 11.3 Å². The number of aromatic nitrogens is 2. The van der Waals surface area contributed by atoms with Crippen LogP contribution in [-0.4, -0.2) is 36.4 Å². The van der Waals surface area contributed by atoms with Crippen molar-refractivity contribution >= 4 is 5.91 Å². The molecule has 2 heterocycles. The highest BCUT2D eigenvalue weighted by atomic mass is 16.5. The van der Waals surface area contributed by atoms with Crippen molar-refractivity contribution < 1.29 is 23.7 Å². The fourth-order valence-electron chi connectivity index (χ4n) is 3.81. The summed E-state index contributed by atoms with van der Waals surface area (Å²) in [4.78, 5) is 11.1. The van der Waals surface area contributed by atoms with E-state index in [1.54, 1.807) is 18.2 Å². The van der Waals surface area contributed by atoms with Gasteiger partial charge in [0.1, 0.15) is 17.4 Å². The van der Waals surface area contributed by atoms with Gasteiger partial charge in [0.2, 0.25) is 11.8 Å². The van der Waals surface area contributed by atoms with Gasteiger partial charge in [-0.05, 0) is 48.9 Å². The third-order valence-electron chi connectivity index (χ3n) is 5.28. The topological polar surface area (TPSA) is 158 Å². The molecule has 2 aromatic carbocycles. The number of amides is 1. The van der Waals surface area contributed by atoms with E-state index in [9.17, 15) is 10.1 Å². The summed E-state index contributed by atoms with van der Waals surface area (Å²) >= 11 is 0. The SMILES string of the molecule is CCOc1ccc(-c2[nH]nc3c2[C@@H](c2ccc(OCC(N)=O)c(OC)c2)C(C#N)=C(N)O3)cc1. The van der Waals surface area contributed by atoms with E-state index in [4.69, 9.17) is 30.4 Å². The van der Waals surface area contributed by atoms with Crippen molar-refractivity contribution in [2.24, 2.45) is 11.5 Å². The molecule has 1 amide bonds. The normalized spacial score (nSPS) is 14.6. The second kappa shape index (κ2) is 9.46. The molecule has 0 bridgehead atoms.